The minimum absolute atomic E-state index is 0.324. The van der Waals surface area contributed by atoms with Crippen LogP contribution in [0.25, 0.3) is 0 Å². The quantitative estimate of drug-likeness (QED) is 0.720. The van der Waals surface area contributed by atoms with Crippen molar-refractivity contribution < 1.29 is 14.9 Å². The highest BCUT2D eigenvalue weighted by molar-refractivity contribution is 5.32. The van der Waals surface area contributed by atoms with Gasteiger partial charge < -0.3 is 20.7 Å². The highest BCUT2D eigenvalue weighted by Gasteiger charge is 2.28. The summed E-state index contributed by atoms with van der Waals surface area (Å²) in [6, 6.07) is 7.36. The van der Waals surface area contributed by atoms with Gasteiger partial charge in [-0.1, -0.05) is 31.4 Å². The lowest BCUT2D eigenvalue weighted by molar-refractivity contribution is -0.0242. The average Bonchev–Trinajstić information content (AvgIpc) is 2.54. The van der Waals surface area contributed by atoms with Crippen molar-refractivity contribution in [2.45, 2.75) is 44.1 Å². The minimum atomic E-state index is -1.28. The van der Waals surface area contributed by atoms with Crippen LogP contribution in [0.15, 0.2) is 24.3 Å². The highest BCUT2D eigenvalue weighted by Crippen LogP contribution is 2.28. The standard InChI is InChI=1S/C17H27NO3/c18-10-9-17(20,13-19)15-7-4-8-16(11-15)21-12-14-5-2-1-3-6-14/h4,7-8,11,14,19-20H,1-3,5-6,9-10,12-13,18H2/t17-/m0/s1. The van der Waals surface area contributed by atoms with Crippen LogP contribution in [-0.4, -0.2) is 30.0 Å². The van der Waals surface area contributed by atoms with Crippen molar-refractivity contribution in [2.75, 3.05) is 19.8 Å². The second kappa shape index (κ2) is 7.78. The number of nitrogens with two attached hydrogens (primary N) is 1. The zero-order valence-corrected chi connectivity index (χ0v) is 12.6. The first-order chi connectivity index (χ1) is 10.2. The van der Waals surface area contributed by atoms with E-state index in [2.05, 4.69) is 0 Å². The first-order valence-corrected chi connectivity index (χ1v) is 7.94. The van der Waals surface area contributed by atoms with E-state index in [0.717, 1.165) is 12.4 Å². The maximum Gasteiger partial charge on any atom is 0.119 e. The summed E-state index contributed by atoms with van der Waals surface area (Å²) >= 11 is 0. The lowest BCUT2D eigenvalue weighted by Crippen LogP contribution is -2.32. The van der Waals surface area contributed by atoms with E-state index in [1.807, 2.05) is 18.2 Å². The molecule has 0 saturated heterocycles. The summed E-state index contributed by atoms with van der Waals surface area (Å²) in [5.74, 6) is 1.39. The van der Waals surface area contributed by atoms with Gasteiger partial charge in [-0.05, 0) is 49.4 Å². The predicted octanol–water partition coefficient (Wildman–Crippen LogP) is 2.17. The van der Waals surface area contributed by atoms with Gasteiger partial charge >= 0.3 is 0 Å². The number of benzene rings is 1. The van der Waals surface area contributed by atoms with Gasteiger partial charge in [0.05, 0.1) is 13.2 Å². The summed E-state index contributed by atoms with van der Waals surface area (Å²) in [7, 11) is 0. The molecule has 0 radical (unpaired) electrons. The Morgan fingerprint density at radius 2 is 2.00 bits per heavy atom. The SMILES string of the molecule is NCC[C@](O)(CO)c1cccc(OCC2CCCCC2)c1. The molecule has 0 bridgehead atoms. The molecule has 0 heterocycles. The number of aliphatic hydroxyl groups is 2. The Bertz CT molecular complexity index is 432. The minimum Gasteiger partial charge on any atom is -0.493 e. The molecule has 1 aliphatic carbocycles. The summed E-state index contributed by atoms with van der Waals surface area (Å²) in [5, 5.41) is 19.9. The first kappa shape index (κ1) is 16.3. The van der Waals surface area contributed by atoms with Crippen LogP contribution in [0.3, 0.4) is 0 Å². The molecule has 1 aromatic rings. The summed E-state index contributed by atoms with van der Waals surface area (Å²) in [6.07, 6.45) is 6.76. The fraction of sp³-hybridized carbons (Fsp3) is 0.647. The number of hydrogen-bond acceptors (Lipinski definition) is 4. The zero-order valence-electron chi connectivity index (χ0n) is 12.6. The highest BCUT2D eigenvalue weighted by atomic mass is 16.5. The summed E-state index contributed by atoms with van der Waals surface area (Å²) in [4.78, 5) is 0. The molecule has 0 aliphatic heterocycles. The Balaban J connectivity index is 1.99. The van der Waals surface area contributed by atoms with Gasteiger partial charge in [0.25, 0.3) is 0 Å². The third-order valence-corrected chi connectivity index (χ3v) is 4.40. The Morgan fingerprint density at radius 3 is 2.67 bits per heavy atom. The Kier molecular flexibility index (Phi) is 6.03. The molecule has 4 N–H and O–H groups in total. The molecule has 1 aliphatic rings. The third kappa shape index (κ3) is 4.43. The van der Waals surface area contributed by atoms with Crippen LogP contribution in [0.2, 0.25) is 0 Å². The van der Waals surface area contributed by atoms with Crippen LogP contribution in [0.1, 0.15) is 44.1 Å². The van der Waals surface area contributed by atoms with Crippen molar-refractivity contribution in [2.24, 2.45) is 11.7 Å². The molecule has 4 heteroatoms. The molecule has 1 fully saturated rings. The van der Waals surface area contributed by atoms with Crippen molar-refractivity contribution in [3.05, 3.63) is 29.8 Å². The van der Waals surface area contributed by atoms with E-state index >= 15 is 0 Å². The van der Waals surface area contributed by atoms with Crippen LogP contribution in [0.5, 0.6) is 5.75 Å². The lowest BCUT2D eigenvalue weighted by atomic mass is 9.90. The van der Waals surface area contributed by atoms with Crippen molar-refractivity contribution in [3.63, 3.8) is 0 Å². The Morgan fingerprint density at radius 1 is 1.24 bits per heavy atom. The van der Waals surface area contributed by atoms with E-state index in [-0.39, 0.29) is 6.61 Å². The first-order valence-electron chi connectivity index (χ1n) is 7.94. The van der Waals surface area contributed by atoms with E-state index in [9.17, 15) is 10.2 Å². The van der Waals surface area contributed by atoms with Crippen molar-refractivity contribution in [1.29, 1.82) is 0 Å². The zero-order chi connectivity index (χ0) is 15.1. The summed E-state index contributed by atoms with van der Waals surface area (Å²) < 4.78 is 5.88. The number of aliphatic hydroxyl groups excluding tert-OH is 1. The molecule has 118 valence electrons. The van der Waals surface area contributed by atoms with Gasteiger partial charge in [-0.25, -0.2) is 0 Å². The van der Waals surface area contributed by atoms with Crippen LogP contribution in [-0.2, 0) is 5.60 Å². The molecular weight excluding hydrogens is 266 g/mol. The van der Waals surface area contributed by atoms with Crippen LogP contribution >= 0.6 is 0 Å². The molecule has 0 aromatic heterocycles. The smallest absolute Gasteiger partial charge is 0.119 e. The van der Waals surface area contributed by atoms with Crippen molar-refractivity contribution >= 4 is 0 Å². The molecule has 0 spiro atoms. The molecular formula is C17H27NO3. The summed E-state index contributed by atoms with van der Waals surface area (Å²) in [5.41, 5.74) is 4.90. The molecule has 1 atom stereocenters. The second-order valence-corrected chi connectivity index (χ2v) is 6.07. The molecule has 0 amide bonds. The number of ether oxygens (including phenoxy) is 1. The maximum atomic E-state index is 10.4. The third-order valence-electron chi connectivity index (χ3n) is 4.40. The molecule has 1 aromatic carbocycles. The summed E-state index contributed by atoms with van der Waals surface area (Å²) in [6.45, 7) is 0.721. The van der Waals surface area contributed by atoms with Gasteiger partial charge in [0.1, 0.15) is 11.4 Å². The number of rotatable bonds is 7. The fourth-order valence-corrected chi connectivity index (χ4v) is 3.00. The van der Waals surface area contributed by atoms with Crippen molar-refractivity contribution in [3.8, 4) is 5.75 Å². The average molecular weight is 293 g/mol. The van der Waals surface area contributed by atoms with Crippen LogP contribution < -0.4 is 10.5 Å². The van der Waals surface area contributed by atoms with Gasteiger partial charge in [-0.15, -0.1) is 0 Å². The normalized spacial score (nSPS) is 19.2. The van der Waals surface area contributed by atoms with Gasteiger partial charge in [-0.2, -0.15) is 0 Å². The monoisotopic (exact) mass is 293 g/mol. The Labute approximate surface area is 126 Å². The fourth-order valence-electron chi connectivity index (χ4n) is 3.00. The van der Waals surface area contributed by atoms with E-state index < -0.39 is 5.60 Å². The molecule has 0 unspecified atom stereocenters. The van der Waals surface area contributed by atoms with E-state index in [1.54, 1.807) is 6.07 Å². The van der Waals surface area contributed by atoms with Crippen LogP contribution in [0, 0.1) is 5.92 Å². The Hall–Kier alpha value is -1.10. The van der Waals surface area contributed by atoms with Gasteiger partial charge in [-0.3, -0.25) is 0 Å². The lowest BCUT2D eigenvalue weighted by Gasteiger charge is -2.26. The topological polar surface area (TPSA) is 75.7 Å². The van der Waals surface area contributed by atoms with E-state index in [1.165, 1.54) is 32.1 Å². The van der Waals surface area contributed by atoms with E-state index in [0.29, 0.717) is 24.4 Å². The molecule has 1 saturated carbocycles. The van der Waals surface area contributed by atoms with Gasteiger partial charge in [0, 0.05) is 0 Å². The van der Waals surface area contributed by atoms with Gasteiger partial charge in [0.15, 0.2) is 0 Å². The molecule has 4 nitrogen and oxygen atoms in total. The predicted molar refractivity (Wildman–Crippen MR) is 83.2 cm³/mol. The largest absolute Gasteiger partial charge is 0.493 e. The maximum absolute atomic E-state index is 10.4. The van der Waals surface area contributed by atoms with E-state index in [4.69, 9.17) is 10.5 Å². The number of hydrogen-bond donors (Lipinski definition) is 3. The molecule has 2 rings (SSSR count). The van der Waals surface area contributed by atoms with Crippen LogP contribution in [0.4, 0.5) is 0 Å². The van der Waals surface area contributed by atoms with Gasteiger partial charge in [0.2, 0.25) is 0 Å². The second-order valence-electron chi connectivity index (χ2n) is 6.07. The van der Waals surface area contributed by atoms with Crippen molar-refractivity contribution in [1.82, 2.24) is 0 Å². The molecule has 21 heavy (non-hydrogen) atoms.